The summed E-state index contributed by atoms with van der Waals surface area (Å²) in [4.78, 5) is 42.3. The number of carbonyl (C=O) groups is 3. The Morgan fingerprint density at radius 3 is 2.09 bits per heavy atom. The first kappa shape index (κ1) is 34.9. The molecule has 2 N–H and O–H groups in total. The molecule has 3 amide bonds. The Labute approximate surface area is 259 Å². The van der Waals surface area contributed by atoms with Gasteiger partial charge < -0.3 is 24.5 Å². The molecule has 242 valence electrons. The van der Waals surface area contributed by atoms with E-state index in [1.165, 1.54) is 4.90 Å². The van der Waals surface area contributed by atoms with Crippen LogP contribution in [0.25, 0.3) is 0 Å². The fourth-order valence-corrected chi connectivity index (χ4v) is 12.3. The van der Waals surface area contributed by atoms with E-state index in [1.54, 1.807) is 20.8 Å². The van der Waals surface area contributed by atoms with Gasteiger partial charge in [-0.3, -0.25) is 14.5 Å². The van der Waals surface area contributed by atoms with Gasteiger partial charge in [-0.05, 0) is 61.0 Å². The van der Waals surface area contributed by atoms with Crippen molar-refractivity contribution in [3.63, 3.8) is 0 Å². The summed E-state index contributed by atoms with van der Waals surface area (Å²) in [6.45, 7) is 23.4. The number of fused-ring (bicyclic) bond motifs is 8. The van der Waals surface area contributed by atoms with Gasteiger partial charge in [-0.1, -0.05) is 73.9 Å². The number of amides is 3. The highest BCUT2D eigenvalue weighted by molar-refractivity contribution is 6.77. The third kappa shape index (κ3) is 7.93. The van der Waals surface area contributed by atoms with Crippen LogP contribution in [-0.2, 0) is 18.8 Å². The molecule has 1 saturated heterocycles. The van der Waals surface area contributed by atoms with Crippen LogP contribution in [0.4, 0.5) is 4.79 Å². The molecule has 1 fully saturated rings. The van der Waals surface area contributed by atoms with E-state index < -0.39 is 44.1 Å². The van der Waals surface area contributed by atoms with E-state index in [2.05, 4.69) is 52.2 Å². The topological polar surface area (TPSA) is 106 Å². The zero-order valence-corrected chi connectivity index (χ0v) is 29.2. The number of likely N-dealkylation sites (tertiary alicyclic amines) is 1. The fraction of sp³-hybridized carbons (Fsp3) is 0.727. The first-order valence-corrected chi connectivity index (χ1v) is 18.2. The van der Waals surface area contributed by atoms with Crippen molar-refractivity contribution in [3.8, 4) is 5.75 Å². The number of carbonyl (C=O) groups excluding carboxylic acids is 3. The summed E-state index contributed by atoms with van der Waals surface area (Å²) < 4.78 is 19.2. The second-order valence-corrected chi connectivity index (χ2v) is 19.6. The van der Waals surface area contributed by atoms with Gasteiger partial charge in [-0.15, -0.1) is 0 Å². The van der Waals surface area contributed by atoms with E-state index in [0.717, 1.165) is 5.56 Å². The molecule has 3 heterocycles. The molecule has 1 aromatic carbocycles. The van der Waals surface area contributed by atoms with Crippen LogP contribution in [0.15, 0.2) is 24.3 Å². The number of nitrogens with zero attached hydrogens (tertiary/aromatic N) is 1. The van der Waals surface area contributed by atoms with Crippen LogP contribution in [0, 0.1) is 5.92 Å². The number of hydrogen-bond acceptors (Lipinski definition) is 6. The molecular formula is C33H55N3O6Si. The molecule has 3 aliphatic rings. The number of rotatable bonds is 7. The van der Waals surface area contributed by atoms with Gasteiger partial charge in [0.1, 0.15) is 23.5 Å². The minimum Gasteiger partial charge on any atom is -0.488 e. The Bertz CT molecular complexity index is 1090. The molecule has 4 rings (SSSR count). The Morgan fingerprint density at radius 2 is 1.58 bits per heavy atom. The lowest BCUT2D eigenvalue weighted by molar-refractivity contribution is -0.134. The molecule has 1 unspecified atom stereocenters. The smallest absolute Gasteiger partial charge is 0.411 e. The van der Waals surface area contributed by atoms with E-state index in [9.17, 15) is 14.4 Å². The zero-order chi connectivity index (χ0) is 32.3. The van der Waals surface area contributed by atoms with Crippen molar-refractivity contribution < 1.29 is 28.3 Å². The van der Waals surface area contributed by atoms with Crippen molar-refractivity contribution in [2.24, 2.45) is 5.92 Å². The number of benzene rings is 1. The van der Waals surface area contributed by atoms with Gasteiger partial charge in [0.05, 0.1) is 6.10 Å². The predicted octanol–water partition coefficient (Wildman–Crippen LogP) is 6.34. The lowest BCUT2D eigenvalue weighted by Crippen LogP contribution is -2.58. The summed E-state index contributed by atoms with van der Waals surface area (Å²) in [6.07, 6.45) is -0.389. The summed E-state index contributed by atoms with van der Waals surface area (Å²) in [6, 6.07) is 6.01. The third-order valence-corrected chi connectivity index (χ3v) is 15.2. The van der Waals surface area contributed by atoms with Gasteiger partial charge in [0, 0.05) is 19.5 Å². The molecule has 0 saturated carbocycles. The van der Waals surface area contributed by atoms with Crippen molar-refractivity contribution in [2.45, 2.75) is 136 Å². The minimum atomic E-state index is -2.29. The Kier molecular flexibility index (Phi) is 11.4. The maximum absolute atomic E-state index is 13.9. The van der Waals surface area contributed by atoms with Gasteiger partial charge in [0.2, 0.25) is 20.1 Å². The number of nitrogens with one attached hydrogen (secondary N) is 2. The molecule has 10 heteroatoms. The lowest BCUT2D eigenvalue weighted by Gasteiger charge is -2.45. The molecule has 1 aromatic rings. The van der Waals surface area contributed by atoms with Crippen LogP contribution < -0.4 is 15.4 Å². The van der Waals surface area contributed by atoms with Crippen LogP contribution in [0.3, 0.4) is 0 Å². The number of ether oxygens (including phenoxy) is 2. The highest BCUT2D eigenvalue weighted by Gasteiger charge is 2.48. The average molecular weight is 618 g/mol. The Hall–Kier alpha value is -2.59. The minimum absolute atomic E-state index is 0.138. The Morgan fingerprint density at radius 1 is 1.00 bits per heavy atom. The van der Waals surface area contributed by atoms with E-state index >= 15 is 0 Å². The van der Waals surface area contributed by atoms with Gasteiger partial charge >= 0.3 is 6.09 Å². The quantitative estimate of drug-likeness (QED) is 0.346. The molecule has 3 aliphatic heterocycles. The molecule has 0 aromatic heterocycles. The third-order valence-electron chi connectivity index (χ3n) is 9.09. The molecule has 2 bridgehead atoms. The second kappa shape index (κ2) is 14.0. The zero-order valence-electron chi connectivity index (χ0n) is 28.2. The summed E-state index contributed by atoms with van der Waals surface area (Å²) >= 11 is 0. The van der Waals surface area contributed by atoms with Gasteiger partial charge in [-0.2, -0.15) is 0 Å². The van der Waals surface area contributed by atoms with Crippen molar-refractivity contribution in [1.29, 1.82) is 0 Å². The summed E-state index contributed by atoms with van der Waals surface area (Å²) in [7, 11) is -2.29. The predicted molar refractivity (Wildman–Crippen MR) is 171 cm³/mol. The molecule has 0 spiro atoms. The van der Waals surface area contributed by atoms with Gasteiger partial charge in [0.25, 0.3) is 0 Å². The van der Waals surface area contributed by atoms with Crippen molar-refractivity contribution in [1.82, 2.24) is 15.5 Å². The number of hydrogen-bond donors (Lipinski definition) is 2. The highest BCUT2D eigenvalue weighted by atomic mass is 28.4. The van der Waals surface area contributed by atoms with E-state index in [-0.39, 0.29) is 24.5 Å². The average Bonchev–Trinajstić information content (AvgIpc) is 3.33. The van der Waals surface area contributed by atoms with Crippen molar-refractivity contribution in [2.75, 3.05) is 13.1 Å². The summed E-state index contributed by atoms with van der Waals surface area (Å²) in [5, 5.41) is 6.12. The first-order chi connectivity index (χ1) is 20.0. The summed E-state index contributed by atoms with van der Waals surface area (Å²) in [5.41, 5.74) is 1.36. The van der Waals surface area contributed by atoms with Crippen molar-refractivity contribution in [3.05, 3.63) is 29.8 Å². The fourth-order valence-electron chi connectivity index (χ4n) is 6.78. The maximum Gasteiger partial charge on any atom is 0.411 e. The van der Waals surface area contributed by atoms with Gasteiger partial charge in [-0.25, -0.2) is 4.79 Å². The molecule has 5 atom stereocenters. The molecule has 0 aliphatic carbocycles. The standard InChI is InChI=1S/C33H55N3O6Si/c1-12-23(8)28-30(37)34-19-27(42-43(20(2)3,21(4)5)22(6)7)24-13-15-25(16-14-24)40-26-17-18-36(29(26)31(38)35-28)32(39)41-33(9,10)11/h13-16,20-23,26-29H,12,17-19H2,1-11H3,(H,34,37)(H,35,38)/t23-,26+,27?,28-,29-/m0/s1. The molecule has 43 heavy (non-hydrogen) atoms. The SMILES string of the molecule is CC[C@H](C)[C@@H]1NC(=O)[C@@H]2[C@@H](CCN2C(=O)OC(C)(C)C)Oc2ccc(cc2)C(O[Si](C(C)C)(C(C)C)C(C)C)CNC1=O. The largest absolute Gasteiger partial charge is 0.488 e. The molecule has 9 nitrogen and oxygen atoms in total. The monoisotopic (exact) mass is 617 g/mol. The van der Waals surface area contributed by atoms with Crippen LogP contribution >= 0.6 is 0 Å². The van der Waals surface area contributed by atoms with Gasteiger partial charge in [0.15, 0.2) is 6.04 Å². The van der Waals surface area contributed by atoms with E-state index in [0.29, 0.717) is 41.8 Å². The van der Waals surface area contributed by atoms with E-state index in [4.69, 9.17) is 13.9 Å². The summed E-state index contributed by atoms with van der Waals surface area (Å²) in [5.74, 6) is -0.229. The van der Waals surface area contributed by atoms with Crippen LogP contribution in [-0.4, -0.2) is 68.0 Å². The van der Waals surface area contributed by atoms with Crippen LogP contribution in [0.1, 0.15) is 101 Å². The molecular weight excluding hydrogens is 562 g/mol. The highest BCUT2D eigenvalue weighted by Crippen LogP contribution is 2.45. The normalized spacial score (nSPS) is 24.4. The van der Waals surface area contributed by atoms with E-state index in [1.807, 2.05) is 38.1 Å². The Balaban J connectivity index is 2.05. The lowest BCUT2D eigenvalue weighted by atomic mass is 9.97. The second-order valence-electron chi connectivity index (χ2n) is 14.2. The van der Waals surface area contributed by atoms with Crippen molar-refractivity contribution >= 4 is 26.2 Å². The van der Waals surface area contributed by atoms with Crippen LogP contribution in [0.2, 0.25) is 16.6 Å². The first-order valence-electron chi connectivity index (χ1n) is 16.0. The van der Waals surface area contributed by atoms with Crippen LogP contribution in [0.5, 0.6) is 5.75 Å². The molecule has 0 radical (unpaired) electrons. The maximum atomic E-state index is 13.9.